The van der Waals surface area contributed by atoms with Crippen molar-refractivity contribution in [3.8, 4) is 33.6 Å². The minimum absolute atomic E-state index is 0.289. The molecule has 0 radical (unpaired) electrons. The van der Waals surface area contributed by atoms with E-state index in [0.29, 0.717) is 6.42 Å². The van der Waals surface area contributed by atoms with Gasteiger partial charge in [-0.3, -0.25) is 0 Å². The fraction of sp³-hybridized carbons (Fsp3) is 0.0357. The molecule has 0 unspecified atom stereocenters. The molecule has 9 aromatic carbocycles. The highest BCUT2D eigenvalue weighted by molar-refractivity contribution is 7.26. The van der Waals surface area contributed by atoms with Crippen LogP contribution in [-0.4, -0.2) is 9.13 Å². The largest absolute Gasteiger partial charge is 0.308 e. The number of benzene rings is 9. The number of thiophene rings is 2. The second-order valence-electron chi connectivity index (χ2n) is 16.1. The molecule has 0 aliphatic rings. The molecule has 4 aromatic heterocycles. The molecule has 0 atom stereocenters. The van der Waals surface area contributed by atoms with E-state index in [1.165, 1.54) is 61.9 Å². The maximum Gasteiger partial charge on any atom is 0.123 e. The van der Waals surface area contributed by atoms with E-state index in [-0.39, 0.29) is 11.6 Å². The third-order valence-corrected chi connectivity index (χ3v) is 15.1. The molecule has 13 aromatic rings. The van der Waals surface area contributed by atoms with Gasteiger partial charge in [0.1, 0.15) is 11.6 Å². The number of nitrogens with zero attached hydrogens (tertiary/aromatic N) is 2. The lowest BCUT2D eigenvalue weighted by molar-refractivity contribution is 0.627. The molecule has 0 bridgehead atoms. The van der Waals surface area contributed by atoms with E-state index in [1.807, 2.05) is 46.9 Å². The van der Waals surface area contributed by atoms with Crippen LogP contribution in [0.25, 0.3) is 118 Å². The molecule has 2 nitrogen and oxygen atoms in total. The van der Waals surface area contributed by atoms with Gasteiger partial charge in [0, 0.05) is 78.6 Å². The van der Waals surface area contributed by atoms with Crippen LogP contribution in [0.2, 0.25) is 0 Å². The van der Waals surface area contributed by atoms with Crippen LogP contribution >= 0.6 is 22.7 Å². The van der Waals surface area contributed by atoms with Crippen molar-refractivity contribution in [2.24, 2.45) is 0 Å². The van der Waals surface area contributed by atoms with Crippen molar-refractivity contribution in [2.45, 2.75) is 13.3 Å². The van der Waals surface area contributed by atoms with Gasteiger partial charge in [0.25, 0.3) is 0 Å². The Kier molecular flexibility index (Phi) is 7.72. The fourth-order valence-corrected chi connectivity index (χ4v) is 12.5. The van der Waals surface area contributed by atoms with E-state index in [0.717, 1.165) is 61.3 Å². The van der Waals surface area contributed by atoms with E-state index < -0.39 is 0 Å². The minimum Gasteiger partial charge on any atom is -0.308 e. The van der Waals surface area contributed by atoms with Crippen LogP contribution in [0.1, 0.15) is 12.5 Å². The first-order valence-electron chi connectivity index (χ1n) is 20.9. The van der Waals surface area contributed by atoms with Crippen LogP contribution in [0.5, 0.6) is 0 Å². The third kappa shape index (κ3) is 4.99. The van der Waals surface area contributed by atoms with Crippen molar-refractivity contribution >= 4 is 107 Å². The number of fused-ring (bicyclic) bond motifs is 14. The van der Waals surface area contributed by atoms with E-state index in [2.05, 4.69) is 143 Å². The number of hydrogen-bond donors (Lipinski definition) is 0. The van der Waals surface area contributed by atoms with E-state index in [1.54, 1.807) is 24.3 Å². The second kappa shape index (κ2) is 13.4. The smallest absolute Gasteiger partial charge is 0.123 e. The van der Waals surface area contributed by atoms with Gasteiger partial charge in [-0.25, -0.2) is 8.78 Å². The van der Waals surface area contributed by atoms with Gasteiger partial charge in [0.2, 0.25) is 0 Å². The molecule has 4 heterocycles. The van der Waals surface area contributed by atoms with Gasteiger partial charge in [0.05, 0.1) is 33.4 Å². The highest BCUT2D eigenvalue weighted by atomic mass is 32.1. The van der Waals surface area contributed by atoms with Crippen molar-refractivity contribution in [1.82, 2.24) is 9.13 Å². The van der Waals surface area contributed by atoms with Crippen molar-refractivity contribution in [1.29, 1.82) is 0 Å². The molecule has 0 aliphatic heterocycles. The summed E-state index contributed by atoms with van der Waals surface area (Å²) in [6.45, 7) is 2.24. The summed E-state index contributed by atoms with van der Waals surface area (Å²) in [5, 5.41) is 9.81. The monoisotopic (exact) mass is 836 g/mol. The lowest BCUT2D eigenvalue weighted by atomic mass is 9.90. The summed E-state index contributed by atoms with van der Waals surface area (Å²) in [5.41, 5.74) is 11.3. The Labute approximate surface area is 362 Å². The van der Waals surface area contributed by atoms with E-state index >= 15 is 0 Å². The average Bonchev–Trinajstić information content (AvgIpc) is 4.06. The molecule has 0 amide bonds. The van der Waals surface area contributed by atoms with Gasteiger partial charge >= 0.3 is 0 Å². The van der Waals surface area contributed by atoms with Crippen molar-refractivity contribution in [3.63, 3.8) is 0 Å². The molecular weight excluding hydrogens is 803 g/mol. The summed E-state index contributed by atoms with van der Waals surface area (Å²) in [7, 11) is 0. The molecule has 62 heavy (non-hydrogen) atoms. The summed E-state index contributed by atoms with van der Waals surface area (Å²) >= 11 is 3.66. The summed E-state index contributed by atoms with van der Waals surface area (Å²) in [5.74, 6) is -0.579. The summed E-state index contributed by atoms with van der Waals surface area (Å²) < 4.78 is 39.7. The highest BCUT2D eigenvalue weighted by Gasteiger charge is 2.28. The van der Waals surface area contributed by atoms with E-state index in [9.17, 15) is 8.78 Å². The van der Waals surface area contributed by atoms with Crippen LogP contribution < -0.4 is 0 Å². The lowest BCUT2D eigenvalue weighted by Gasteiger charge is -2.26. The molecule has 13 rings (SSSR count). The molecule has 0 aliphatic carbocycles. The molecule has 0 N–H and O–H groups in total. The fourth-order valence-electron chi connectivity index (χ4n) is 10.3. The summed E-state index contributed by atoms with van der Waals surface area (Å²) in [6.07, 6.45) is 0.670. The Morgan fingerprint density at radius 3 is 1.23 bits per heavy atom. The normalized spacial score (nSPS) is 12.2. The number of para-hydroxylation sites is 2. The van der Waals surface area contributed by atoms with Gasteiger partial charge in [0.15, 0.2) is 0 Å². The molecule has 6 heteroatoms. The van der Waals surface area contributed by atoms with Gasteiger partial charge in [-0.2, -0.15) is 0 Å². The predicted molar refractivity (Wildman–Crippen MR) is 261 cm³/mol. The van der Waals surface area contributed by atoms with Crippen LogP contribution in [0.4, 0.5) is 8.78 Å². The first-order chi connectivity index (χ1) is 30.6. The summed E-state index contributed by atoms with van der Waals surface area (Å²) in [6, 6.07) is 60.0. The Morgan fingerprint density at radius 2 is 0.790 bits per heavy atom. The predicted octanol–water partition coefficient (Wildman–Crippen LogP) is 16.8. The standard InChI is InChI=1S/C56H34F2N2S2/c1-2-36-55(59-43-15-7-3-11-37(43)51-45(59)27-29-49-53(51)39-13-5-9-17-47(39)61-49)41(32-19-23-34(57)24-20-32)31-42(33-21-25-35(58)26-22-33)56(36)60-44-16-8-4-12-38(44)52-46(60)28-30-50-54(52)40-14-6-10-18-48(40)62-50/h3-31H,2H2,1H3. The molecule has 294 valence electrons. The number of hydrogen-bond acceptors (Lipinski definition) is 2. The topological polar surface area (TPSA) is 9.86 Å². The number of aromatic nitrogens is 2. The van der Waals surface area contributed by atoms with Gasteiger partial charge in [-0.05, 0) is 96.4 Å². The quantitative estimate of drug-likeness (QED) is 0.163. The van der Waals surface area contributed by atoms with Crippen molar-refractivity contribution in [2.75, 3.05) is 0 Å². The maximum atomic E-state index is 14.9. The van der Waals surface area contributed by atoms with Gasteiger partial charge < -0.3 is 9.13 Å². The molecule has 0 saturated carbocycles. The lowest BCUT2D eigenvalue weighted by Crippen LogP contribution is -2.10. The Bertz CT molecular complexity index is 3720. The Hall–Kier alpha value is -7.12. The average molecular weight is 837 g/mol. The van der Waals surface area contributed by atoms with E-state index in [4.69, 9.17) is 0 Å². The van der Waals surface area contributed by atoms with Crippen molar-refractivity contribution < 1.29 is 8.78 Å². The first-order valence-corrected chi connectivity index (χ1v) is 22.6. The van der Waals surface area contributed by atoms with Crippen molar-refractivity contribution in [3.05, 3.63) is 193 Å². The number of rotatable bonds is 5. The Morgan fingerprint density at radius 1 is 0.387 bits per heavy atom. The SMILES string of the molecule is CCc1c(-n2c3ccccc3c3c4c(ccc32)sc2ccccc24)c(-c2ccc(F)cc2)cc(-c2ccc(F)cc2)c1-n1c2ccccc2c2c3c(ccc21)sc1ccccc13. The van der Waals surface area contributed by atoms with Crippen LogP contribution in [0.3, 0.4) is 0 Å². The van der Waals surface area contributed by atoms with Gasteiger partial charge in [-0.1, -0.05) is 104 Å². The molecule has 0 fully saturated rings. The number of halogens is 2. The third-order valence-electron chi connectivity index (χ3n) is 12.8. The van der Waals surface area contributed by atoms with Crippen LogP contribution in [-0.2, 0) is 6.42 Å². The van der Waals surface area contributed by atoms with Crippen LogP contribution in [0.15, 0.2) is 176 Å². The zero-order valence-corrected chi connectivity index (χ0v) is 35.1. The summed E-state index contributed by atoms with van der Waals surface area (Å²) in [4.78, 5) is 0. The first kappa shape index (κ1) is 35.6. The maximum absolute atomic E-state index is 14.9. The molecule has 0 saturated heterocycles. The van der Waals surface area contributed by atoms with Gasteiger partial charge in [-0.15, -0.1) is 22.7 Å². The van der Waals surface area contributed by atoms with Crippen LogP contribution in [0, 0.1) is 11.6 Å². The zero-order valence-electron chi connectivity index (χ0n) is 33.4. The molecule has 0 spiro atoms. The minimum atomic E-state index is -0.289. The Balaban J connectivity index is 1.26. The highest BCUT2D eigenvalue weighted by Crippen LogP contribution is 2.50. The second-order valence-corrected chi connectivity index (χ2v) is 18.2. The molecular formula is C56H34F2N2S2. The zero-order chi connectivity index (χ0) is 41.2.